The summed E-state index contributed by atoms with van der Waals surface area (Å²) in [5.74, 6) is 1.55. The molecule has 0 N–H and O–H groups in total. The van der Waals surface area contributed by atoms with E-state index < -0.39 is 0 Å². The van der Waals surface area contributed by atoms with Gasteiger partial charge in [-0.1, -0.05) is 58.4 Å². The van der Waals surface area contributed by atoms with E-state index in [2.05, 4.69) is 13.8 Å². The van der Waals surface area contributed by atoms with Gasteiger partial charge in [0.05, 0.1) is 39.6 Å². The van der Waals surface area contributed by atoms with Gasteiger partial charge in [0.2, 0.25) is 0 Å². The molecule has 0 saturated heterocycles. The van der Waals surface area contributed by atoms with Crippen LogP contribution in [-0.2, 0) is 18.9 Å². The highest BCUT2D eigenvalue weighted by atomic mass is 16.6. The molecule has 1 rings (SSSR count). The fourth-order valence-corrected chi connectivity index (χ4v) is 3.00. The number of benzene rings is 1. The van der Waals surface area contributed by atoms with Gasteiger partial charge in [-0.05, 0) is 25.0 Å². The van der Waals surface area contributed by atoms with Crippen molar-refractivity contribution in [3.05, 3.63) is 24.3 Å². The van der Waals surface area contributed by atoms with Crippen LogP contribution in [0, 0.1) is 0 Å². The molecule has 0 atom stereocenters. The maximum atomic E-state index is 5.73. The average Bonchev–Trinajstić information content (AvgIpc) is 2.81. The molecule has 0 amide bonds. The van der Waals surface area contributed by atoms with Crippen molar-refractivity contribution < 1.29 is 28.4 Å². The first-order valence-corrected chi connectivity index (χ1v) is 12.5. The van der Waals surface area contributed by atoms with Gasteiger partial charge in [-0.15, -0.1) is 0 Å². The van der Waals surface area contributed by atoms with Crippen molar-refractivity contribution >= 4 is 0 Å². The van der Waals surface area contributed by atoms with E-state index in [-0.39, 0.29) is 0 Å². The van der Waals surface area contributed by atoms with E-state index >= 15 is 0 Å². The SMILES string of the molecule is CCCCCCOCCOCCOc1cccc(OCCOCCOCCCCCC)c1. The van der Waals surface area contributed by atoms with Crippen LogP contribution in [-0.4, -0.2) is 66.1 Å². The molecule has 32 heavy (non-hydrogen) atoms. The zero-order valence-electron chi connectivity index (χ0n) is 20.5. The monoisotopic (exact) mass is 454 g/mol. The molecule has 186 valence electrons. The highest BCUT2D eigenvalue weighted by Crippen LogP contribution is 2.19. The third-order valence-corrected chi connectivity index (χ3v) is 4.83. The minimum absolute atomic E-state index is 0.501. The van der Waals surface area contributed by atoms with E-state index in [0.717, 1.165) is 37.6 Å². The Labute approximate surface area is 195 Å². The smallest absolute Gasteiger partial charge is 0.123 e. The maximum Gasteiger partial charge on any atom is 0.123 e. The molecule has 0 aromatic heterocycles. The molecule has 0 bridgehead atoms. The molecule has 1 aromatic carbocycles. The molecule has 0 spiro atoms. The summed E-state index contributed by atoms with van der Waals surface area (Å²) in [6, 6.07) is 7.64. The lowest BCUT2D eigenvalue weighted by Crippen LogP contribution is -2.12. The minimum Gasteiger partial charge on any atom is -0.491 e. The largest absolute Gasteiger partial charge is 0.491 e. The Balaban J connectivity index is 1.94. The average molecular weight is 455 g/mol. The molecule has 6 nitrogen and oxygen atoms in total. The summed E-state index contributed by atoms with van der Waals surface area (Å²) in [4.78, 5) is 0. The Morgan fingerprint density at radius 3 is 1.31 bits per heavy atom. The van der Waals surface area contributed by atoms with Gasteiger partial charge in [-0.3, -0.25) is 0 Å². The predicted molar refractivity (Wildman–Crippen MR) is 129 cm³/mol. The van der Waals surface area contributed by atoms with Crippen LogP contribution in [0.2, 0.25) is 0 Å². The van der Waals surface area contributed by atoms with Crippen molar-refractivity contribution in [2.24, 2.45) is 0 Å². The first-order valence-electron chi connectivity index (χ1n) is 12.5. The summed E-state index contributed by atoms with van der Waals surface area (Å²) in [5, 5.41) is 0. The molecule has 0 fully saturated rings. The molecule has 0 unspecified atom stereocenters. The summed E-state index contributed by atoms with van der Waals surface area (Å²) in [5.41, 5.74) is 0. The molecular formula is C26H46O6. The number of hydrogen-bond acceptors (Lipinski definition) is 6. The van der Waals surface area contributed by atoms with Gasteiger partial charge >= 0.3 is 0 Å². The van der Waals surface area contributed by atoms with Crippen LogP contribution in [0.3, 0.4) is 0 Å². The van der Waals surface area contributed by atoms with E-state index in [1.807, 2.05) is 24.3 Å². The van der Waals surface area contributed by atoms with Crippen LogP contribution in [0.5, 0.6) is 11.5 Å². The van der Waals surface area contributed by atoms with E-state index in [9.17, 15) is 0 Å². The van der Waals surface area contributed by atoms with E-state index in [1.165, 1.54) is 38.5 Å². The lowest BCUT2D eigenvalue weighted by Gasteiger charge is -2.10. The van der Waals surface area contributed by atoms with Crippen LogP contribution >= 0.6 is 0 Å². The molecule has 0 saturated carbocycles. The molecule has 0 radical (unpaired) electrons. The topological polar surface area (TPSA) is 55.4 Å². The molecular weight excluding hydrogens is 408 g/mol. The Kier molecular flexibility index (Phi) is 20.5. The van der Waals surface area contributed by atoms with Crippen LogP contribution in [0.1, 0.15) is 65.2 Å². The number of rotatable bonds is 24. The van der Waals surface area contributed by atoms with Crippen molar-refractivity contribution in [2.45, 2.75) is 65.2 Å². The lowest BCUT2D eigenvalue weighted by molar-refractivity contribution is 0.0344. The van der Waals surface area contributed by atoms with Crippen molar-refractivity contribution in [3.8, 4) is 11.5 Å². The first kappa shape index (κ1) is 28.7. The van der Waals surface area contributed by atoms with Gasteiger partial charge in [0.1, 0.15) is 24.7 Å². The summed E-state index contributed by atoms with van der Waals surface area (Å²) in [6.07, 6.45) is 9.83. The van der Waals surface area contributed by atoms with Gasteiger partial charge in [0.25, 0.3) is 0 Å². The van der Waals surface area contributed by atoms with Crippen LogP contribution < -0.4 is 9.47 Å². The number of unbranched alkanes of at least 4 members (excludes halogenated alkanes) is 6. The third-order valence-electron chi connectivity index (χ3n) is 4.83. The van der Waals surface area contributed by atoms with Crippen LogP contribution in [0.4, 0.5) is 0 Å². The van der Waals surface area contributed by atoms with Gasteiger partial charge < -0.3 is 28.4 Å². The highest BCUT2D eigenvalue weighted by Gasteiger charge is 1.99. The van der Waals surface area contributed by atoms with Crippen molar-refractivity contribution in [1.82, 2.24) is 0 Å². The molecule has 0 aliphatic heterocycles. The summed E-state index contributed by atoms with van der Waals surface area (Å²) < 4.78 is 33.7. The van der Waals surface area contributed by atoms with Gasteiger partial charge in [0.15, 0.2) is 0 Å². The standard InChI is InChI=1S/C26H46O6/c1-3-5-7-9-14-27-16-18-29-20-22-31-25-12-11-13-26(24-25)32-23-21-30-19-17-28-15-10-8-6-4-2/h11-13,24H,3-10,14-23H2,1-2H3. The number of hydrogen-bond donors (Lipinski definition) is 0. The summed E-state index contributed by atoms with van der Waals surface area (Å²) in [6.45, 7) is 10.6. The molecule has 0 heterocycles. The molecule has 0 aliphatic rings. The van der Waals surface area contributed by atoms with Crippen LogP contribution in [0.25, 0.3) is 0 Å². The number of ether oxygens (including phenoxy) is 6. The minimum atomic E-state index is 0.501. The third kappa shape index (κ3) is 18.3. The second-order valence-corrected chi connectivity index (χ2v) is 7.74. The van der Waals surface area contributed by atoms with Crippen molar-refractivity contribution in [2.75, 3.05) is 66.1 Å². The van der Waals surface area contributed by atoms with E-state index in [4.69, 9.17) is 28.4 Å². The highest BCUT2D eigenvalue weighted by molar-refractivity contribution is 5.32. The second kappa shape index (κ2) is 22.8. The molecule has 0 aliphatic carbocycles. The quantitative estimate of drug-likeness (QED) is 0.188. The van der Waals surface area contributed by atoms with Crippen molar-refractivity contribution in [1.29, 1.82) is 0 Å². The first-order chi connectivity index (χ1) is 15.9. The Morgan fingerprint density at radius 2 is 0.875 bits per heavy atom. The van der Waals surface area contributed by atoms with Gasteiger partial charge in [-0.2, -0.15) is 0 Å². The zero-order chi connectivity index (χ0) is 23.0. The fraction of sp³-hybridized carbons (Fsp3) is 0.769. The molecule has 1 aromatic rings. The van der Waals surface area contributed by atoms with Crippen molar-refractivity contribution in [3.63, 3.8) is 0 Å². The Bertz CT molecular complexity index is 470. The summed E-state index contributed by atoms with van der Waals surface area (Å²) in [7, 11) is 0. The maximum absolute atomic E-state index is 5.73. The second-order valence-electron chi connectivity index (χ2n) is 7.74. The van der Waals surface area contributed by atoms with E-state index in [1.54, 1.807) is 0 Å². The van der Waals surface area contributed by atoms with Crippen LogP contribution in [0.15, 0.2) is 24.3 Å². The Morgan fingerprint density at radius 1 is 0.469 bits per heavy atom. The molecule has 6 heteroatoms. The zero-order valence-corrected chi connectivity index (χ0v) is 20.5. The lowest BCUT2D eigenvalue weighted by atomic mass is 10.2. The Hall–Kier alpha value is -1.34. The fourth-order valence-electron chi connectivity index (χ4n) is 3.00. The summed E-state index contributed by atoms with van der Waals surface area (Å²) >= 11 is 0. The normalized spacial score (nSPS) is 11.1. The van der Waals surface area contributed by atoms with Gasteiger partial charge in [-0.25, -0.2) is 0 Å². The predicted octanol–water partition coefficient (Wildman–Crippen LogP) is 5.67. The van der Waals surface area contributed by atoms with E-state index in [0.29, 0.717) is 52.9 Å². The van der Waals surface area contributed by atoms with Gasteiger partial charge in [0, 0.05) is 19.3 Å².